The van der Waals surface area contributed by atoms with Crippen LogP contribution in [0.3, 0.4) is 0 Å². The second-order valence-corrected chi connectivity index (χ2v) is 5.50. The van der Waals surface area contributed by atoms with Crippen molar-refractivity contribution in [3.63, 3.8) is 0 Å². The number of rotatable bonds is 7. The first kappa shape index (κ1) is 25.4. The number of ether oxygens (including phenoxy) is 3. The highest BCUT2D eigenvalue weighted by molar-refractivity contribution is 5.70. The molecule has 144 valence electrons. The molecule has 0 saturated carbocycles. The van der Waals surface area contributed by atoms with Crippen molar-refractivity contribution < 1.29 is 23.8 Å². The Bertz CT molecular complexity index is 419. The van der Waals surface area contributed by atoms with E-state index in [2.05, 4.69) is 59.2 Å². The normalized spacial score (nSPS) is 9.04. The fourth-order valence-corrected chi connectivity index (χ4v) is 1.37. The van der Waals surface area contributed by atoms with Crippen molar-refractivity contribution in [2.45, 2.75) is 53.9 Å². The molecule has 0 aliphatic heterocycles. The summed E-state index contributed by atoms with van der Waals surface area (Å²) >= 11 is 0. The molecule has 0 aliphatic rings. The van der Waals surface area contributed by atoms with Crippen molar-refractivity contribution in [3.8, 4) is 0 Å². The molecule has 0 aromatic heterocycles. The Kier molecular flexibility index (Phi) is 18.7. The molecular formula is C20H34O5. The number of carbonyl (C=O) groups excluding carboxylic acids is 2. The highest BCUT2D eigenvalue weighted by Crippen LogP contribution is 1.99. The molecule has 0 unspecified atom stereocenters. The lowest BCUT2D eigenvalue weighted by Gasteiger charge is -1.99. The monoisotopic (exact) mass is 354 g/mol. The van der Waals surface area contributed by atoms with E-state index in [9.17, 15) is 9.59 Å². The fourth-order valence-electron chi connectivity index (χ4n) is 1.37. The van der Waals surface area contributed by atoms with Crippen LogP contribution in [0, 0.1) is 13.8 Å². The molecule has 0 fully saturated rings. The van der Waals surface area contributed by atoms with Crippen molar-refractivity contribution >= 4 is 11.9 Å². The maximum absolute atomic E-state index is 10.5. The molecule has 1 aromatic rings. The summed E-state index contributed by atoms with van der Waals surface area (Å²) in [4.78, 5) is 20.6. The van der Waals surface area contributed by atoms with E-state index in [4.69, 9.17) is 0 Å². The van der Waals surface area contributed by atoms with Gasteiger partial charge in [0.25, 0.3) is 0 Å². The van der Waals surface area contributed by atoms with Gasteiger partial charge in [-0.2, -0.15) is 0 Å². The van der Waals surface area contributed by atoms with E-state index < -0.39 is 0 Å². The van der Waals surface area contributed by atoms with Crippen molar-refractivity contribution in [2.24, 2.45) is 0 Å². The zero-order valence-electron chi connectivity index (χ0n) is 16.6. The molecule has 1 aromatic carbocycles. The van der Waals surface area contributed by atoms with Crippen LogP contribution in [0.15, 0.2) is 24.3 Å². The zero-order chi connectivity index (χ0) is 19.5. The van der Waals surface area contributed by atoms with Crippen molar-refractivity contribution in [2.75, 3.05) is 26.9 Å². The van der Waals surface area contributed by atoms with E-state index in [1.807, 2.05) is 6.92 Å². The van der Waals surface area contributed by atoms with Crippen LogP contribution in [0.5, 0.6) is 0 Å². The van der Waals surface area contributed by atoms with Crippen molar-refractivity contribution in [1.82, 2.24) is 0 Å². The number of esters is 2. The third kappa shape index (κ3) is 22.1. The fraction of sp³-hybridized carbons (Fsp3) is 0.600. The Balaban J connectivity index is 0. The molecule has 0 saturated heterocycles. The molecule has 25 heavy (non-hydrogen) atoms. The van der Waals surface area contributed by atoms with Gasteiger partial charge in [-0.25, -0.2) is 4.79 Å². The maximum atomic E-state index is 10.5. The van der Waals surface area contributed by atoms with Crippen LogP contribution in [-0.2, 0) is 23.8 Å². The standard InChI is InChI=1S/C8H10.C6H12O3.C6H12O2/c1-7-3-5-8(2)6-4-7;1-3-4-9-6(7)5-8-2;1-3-4-5-8-6(2)7/h3-6H,1-2H3;3-5H2,1-2H3;3-5H2,1-2H3. The summed E-state index contributed by atoms with van der Waals surface area (Å²) in [5.74, 6) is -0.474. The molecule has 0 heterocycles. The summed E-state index contributed by atoms with van der Waals surface area (Å²) in [5, 5.41) is 0. The summed E-state index contributed by atoms with van der Waals surface area (Å²) < 4.78 is 13.8. The summed E-state index contributed by atoms with van der Waals surface area (Å²) in [5.41, 5.74) is 2.66. The minimum atomic E-state index is -0.292. The molecule has 0 amide bonds. The highest BCUT2D eigenvalue weighted by Gasteiger charge is 1.97. The van der Waals surface area contributed by atoms with Crippen LogP contribution < -0.4 is 0 Å². The Morgan fingerprint density at radius 1 is 0.880 bits per heavy atom. The third-order valence-electron chi connectivity index (χ3n) is 2.75. The smallest absolute Gasteiger partial charge is 0.332 e. The van der Waals surface area contributed by atoms with Gasteiger partial charge >= 0.3 is 11.9 Å². The lowest BCUT2D eigenvalue weighted by atomic mass is 10.2. The van der Waals surface area contributed by atoms with Gasteiger partial charge in [0.2, 0.25) is 0 Å². The molecule has 0 spiro atoms. The lowest BCUT2D eigenvalue weighted by Crippen LogP contribution is -2.11. The van der Waals surface area contributed by atoms with Crippen LogP contribution in [0.1, 0.15) is 51.2 Å². The van der Waals surface area contributed by atoms with Crippen LogP contribution >= 0.6 is 0 Å². The van der Waals surface area contributed by atoms with E-state index in [-0.39, 0.29) is 18.5 Å². The maximum Gasteiger partial charge on any atom is 0.332 e. The van der Waals surface area contributed by atoms with E-state index in [1.165, 1.54) is 25.2 Å². The lowest BCUT2D eigenvalue weighted by molar-refractivity contribution is -0.148. The second-order valence-electron chi connectivity index (χ2n) is 5.50. The molecule has 0 N–H and O–H groups in total. The SMILES string of the molecule is CCCCOC(C)=O.CCCOC(=O)COC.Cc1ccc(C)cc1. The van der Waals surface area contributed by atoms with Gasteiger partial charge in [0, 0.05) is 14.0 Å². The number of aryl methyl sites for hydroxylation is 2. The zero-order valence-corrected chi connectivity index (χ0v) is 16.6. The molecule has 5 nitrogen and oxygen atoms in total. The predicted molar refractivity (Wildman–Crippen MR) is 101 cm³/mol. The number of hydrogen-bond acceptors (Lipinski definition) is 5. The summed E-state index contributed by atoms with van der Waals surface area (Å²) in [6.07, 6.45) is 2.91. The first-order valence-electron chi connectivity index (χ1n) is 8.68. The highest BCUT2D eigenvalue weighted by atomic mass is 16.6. The van der Waals surface area contributed by atoms with Crippen LogP contribution in [0.4, 0.5) is 0 Å². The Hall–Kier alpha value is -1.88. The van der Waals surface area contributed by atoms with Crippen LogP contribution in [-0.4, -0.2) is 38.9 Å². The first-order chi connectivity index (χ1) is 11.9. The van der Waals surface area contributed by atoms with Gasteiger partial charge in [0.15, 0.2) is 0 Å². The molecule has 0 atom stereocenters. The summed E-state index contributed by atoms with van der Waals surface area (Å²) in [6.45, 7) is 10.7. The number of carbonyl (C=O) groups is 2. The molecule has 1 rings (SSSR count). The van der Waals surface area contributed by atoms with Gasteiger partial charge in [-0.05, 0) is 26.7 Å². The molecule has 0 aliphatic carbocycles. The first-order valence-corrected chi connectivity index (χ1v) is 8.68. The molecule has 5 heteroatoms. The second kappa shape index (κ2) is 18.5. The van der Waals surface area contributed by atoms with E-state index in [0.717, 1.165) is 19.3 Å². The molecule has 0 bridgehead atoms. The minimum Gasteiger partial charge on any atom is -0.466 e. The number of benzene rings is 1. The van der Waals surface area contributed by atoms with Gasteiger partial charge in [0.1, 0.15) is 6.61 Å². The van der Waals surface area contributed by atoms with Gasteiger partial charge in [0.05, 0.1) is 13.2 Å². The number of methoxy groups -OCH3 is 1. The Morgan fingerprint density at radius 2 is 1.40 bits per heavy atom. The molecule has 0 radical (unpaired) electrons. The average molecular weight is 354 g/mol. The van der Waals surface area contributed by atoms with Crippen LogP contribution in [0.25, 0.3) is 0 Å². The van der Waals surface area contributed by atoms with E-state index in [0.29, 0.717) is 13.2 Å². The van der Waals surface area contributed by atoms with Gasteiger partial charge in [-0.1, -0.05) is 55.7 Å². The average Bonchev–Trinajstić information content (AvgIpc) is 2.57. The van der Waals surface area contributed by atoms with Gasteiger partial charge in [-0.15, -0.1) is 0 Å². The van der Waals surface area contributed by atoms with Gasteiger partial charge in [-0.3, -0.25) is 4.79 Å². The number of unbranched alkanes of at least 4 members (excludes halogenated alkanes) is 1. The Morgan fingerprint density at radius 3 is 1.76 bits per heavy atom. The minimum absolute atomic E-state index is 0.0556. The summed E-state index contributed by atoms with van der Waals surface area (Å²) in [7, 11) is 1.47. The van der Waals surface area contributed by atoms with Crippen molar-refractivity contribution in [3.05, 3.63) is 35.4 Å². The van der Waals surface area contributed by atoms with E-state index in [1.54, 1.807) is 0 Å². The molecular weight excluding hydrogens is 320 g/mol. The van der Waals surface area contributed by atoms with E-state index >= 15 is 0 Å². The quantitative estimate of drug-likeness (QED) is 0.541. The predicted octanol–water partition coefficient (Wildman–Crippen LogP) is 4.24. The number of hydrogen-bond donors (Lipinski definition) is 0. The largest absolute Gasteiger partial charge is 0.466 e. The Labute approximate surface area is 152 Å². The van der Waals surface area contributed by atoms with Crippen LogP contribution in [0.2, 0.25) is 0 Å². The van der Waals surface area contributed by atoms with Crippen molar-refractivity contribution in [1.29, 1.82) is 0 Å². The third-order valence-corrected chi connectivity index (χ3v) is 2.75. The van der Waals surface area contributed by atoms with Gasteiger partial charge < -0.3 is 14.2 Å². The summed E-state index contributed by atoms with van der Waals surface area (Å²) in [6, 6.07) is 8.48. The topological polar surface area (TPSA) is 61.8 Å².